The molecule has 0 bridgehead atoms. The number of fused-ring (bicyclic) bond motifs is 1. The van der Waals surface area contributed by atoms with Gasteiger partial charge in [-0.1, -0.05) is 11.6 Å². The third-order valence-corrected chi connectivity index (χ3v) is 2.47. The maximum Gasteiger partial charge on any atom is 0.352 e. The van der Waals surface area contributed by atoms with Crippen molar-refractivity contribution >= 4 is 28.5 Å². The van der Waals surface area contributed by atoms with Crippen molar-refractivity contribution in [3.05, 3.63) is 28.9 Å². The number of carboxylic acids is 1. The summed E-state index contributed by atoms with van der Waals surface area (Å²) in [6.45, 7) is 0. The van der Waals surface area contributed by atoms with E-state index in [4.69, 9.17) is 21.4 Å². The Labute approximate surface area is 90.4 Å². The highest BCUT2D eigenvalue weighted by Gasteiger charge is 2.12. The Bertz CT molecular complexity index is 533. The predicted octanol–water partition coefficient (Wildman–Crippen LogP) is 2.53. The van der Waals surface area contributed by atoms with Gasteiger partial charge >= 0.3 is 5.97 Å². The second kappa shape index (κ2) is 3.47. The number of benzene rings is 1. The SMILES string of the molecule is COc1ccc(Cl)c2[nH]c(C(=O)O)cc12. The lowest BCUT2D eigenvalue weighted by Gasteiger charge is -2.01. The summed E-state index contributed by atoms with van der Waals surface area (Å²) in [6, 6.07) is 4.86. The van der Waals surface area contributed by atoms with E-state index in [2.05, 4.69) is 4.98 Å². The van der Waals surface area contributed by atoms with Gasteiger partial charge in [-0.25, -0.2) is 4.79 Å². The average Bonchev–Trinajstić information content (AvgIpc) is 2.64. The molecular formula is C10H8ClNO3. The molecule has 15 heavy (non-hydrogen) atoms. The van der Waals surface area contributed by atoms with E-state index in [0.29, 0.717) is 21.7 Å². The minimum Gasteiger partial charge on any atom is -0.496 e. The third-order valence-electron chi connectivity index (χ3n) is 2.15. The number of hydrogen-bond acceptors (Lipinski definition) is 2. The molecule has 2 aromatic rings. The molecule has 2 rings (SSSR count). The van der Waals surface area contributed by atoms with Crippen LogP contribution >= 0.6 is 11.6 Å². The predicted molar refractivity (Wildman–Crippen MR) is 56.8 cm³/mol. The van der Waals surface area contributed by atoms with Gasteiger partial charge in [0.1, 0.15) is 11.4 Å². The number of carbonyl (C=O) groups is 1. The van der Waals surface area contributed by atoms with Crippen molar-refractivity contribution < 1.29 is 14.6 Å². The van der Waals surface area contributed by atoms with Gasteiger partial charge in [-0.15, -0.1) is 0 Å². The molecule has 0 fully saturated rings. The van der Waals surface area contributed by atoms with Crippen molar-refractivity contribution in [1.29, 1.82) is 0 Å². The van der Waals surface area contributed by atoms with E-state index < -0.39 is 5.97 Å². The number of carboxylic acid groups (broad SMARTS) is 1. The highest BCUT2D eigenvalue weighted by atomic mass is 35.5. The topological polar surface area (TPSA) is 62.3 Å². The Morgan fingerprint density at radius 1 is 1.53 bits per heavy atom. The first kappa shape index (κ1) is 9.86. The summed E-state index contributed by atoms with van der Waals surface area (Å²) >= 11 is 5.92. The third kappa shape index (κ3) is 1.53. The lowest BCUT2D eigenvalue weighted by atomic mass is 10.2. The van der Waals surface area contributed by atoms with E-state index in [1.165, 1.54) is 13.2 Å². The van der Waals surface area contributed by atoms with E-state index in [9.17, 15) is 4.79 Å². The molecule has 1 aromatic carbocycles. The van der Waals surface area contributed by atoms with E-state index >= 15 is 0 Å². The first-order valence-electron chi connectivity index (χ1n) is 4.22. The van der Waals surface area contributed by atoms with Gasteiger partial charge in [-0.05, 0) is 18.2 Å². The average molecular weight is 226 g/mol. The van der Waals surface area contributed by atoms with Crippen molar-refractivity contribution in [3.63, 3.8) is 0 Å². The Balaban J connectivity index is 2.77. The van der Waals surface area contributed by atoms with Crippen LogP contribution in [0.1, 0.15) is 10.5 Å². The van der Waals surface area contributed by atoms with Crippen LogP contribution in [-0.2, 0) is 0 Å². The number of rotatable bonds is 2. The van der Waals surface area contributed by atoms with Crippen LogP contribution < -0.4 is 4.74 Å². The maximum atomic E-state index is 10.8. The van der Waals surface area contributed by atoms with Gasteiger partial charge in [0.25, 0.3) is 0 Å². The van der Waals surface area contributed by atoms with Crippen LogP contribution in [0.15, 0.2) is 18.2 Å². The number of aromatic amines is 1. The minimum absolute atomic E-state index is 0.0939. The Kier molecular flexibility index (Phi) is 2.28. The number of aromatic nitrogens is 1. The van der Waals surface area contributed by atoms with Gasteiger partial charge in [-0.3, -0.25) is 0 Å². The second-order valence-electron chi connectivity index (χ2n) is 3.03. The summed E-state index contributed by atoms with van der Waals surface area (Å²) in [5.74, 6) is -0.428. The molecule has 4 nitrogen and oxygen atoms in total. The van der Waals surface area contributed by atoms with Crippen molar-refractivity contribution in [2.24, 2.45) is 0 Å². The van der Waals surface area contributed by atoms with Crippen LogP contribution in [0.5, 0.6) is 5.75 Å². The quantitative estimate of drug-likeness (QED) is 0.826. The number of ether oxygens (including phenoxy) is 1. The highest BCUT2D eigenvalue weighted by molar-refractivity contribution is 6.35. The number of hydrogen-bond donors (Lipinski definition) is 2. The Morgan fingerprint density at radius 2 is 2.27 bits per heavy atom. The lowest BCUT2D eigenvalue weighted by Crippen LogP contribution is -1.94. The summed E-state index contributed by atoms with van der Waals surface area (Å²) in [5, 5.41) is 9.96. The first-order chi connectivity index (χ1) is 7.13. The molecule has 0 aliphatic rings. The fourth-order valence-corrected chi connectivity index (χ4v) is 1.66. The maximum absolute atomic E-state index is 10.8. The fraction of sp³-hybridized carbons (Fsp3) is 0.100. The van der Waals surface area contributed by atoms with Crippen LogP contribution in [-0.4, -0.2) is 23.2 Å². The fourth-order valence-electron chi connectivity index (χ4n) is 1.45. The zero-order chi connectivity index (χ0) is 11.0. The minimum atomic E-state index is -1.02. The zero-order valence-electron chi connectivity index (χ0n) is 7.87. The molecule has 0 unspecified atom stereocenters. The van der Waals surface area contributed by atoms with Gasteiger partial charge < -0.3 is 14.8 Å². The van der Waals surface area contributed by atoms with Gasteiger partial charge in [0.2, 0.25) is 0 Å². The normalized spacial score (nSPS) is 10.5. The van der Waals surface area contributed by atoms with E-state index in [-0.39, 0.29) is 5.69 Å². The monoisotopic (exact) mass is 225 g/mol. The van der Waals surface area contributed by atoms with Crippen LogP contribution in [0.4, 0.5) is 0 Å². The zero-order valence-corrected chi connectivity index (χ0v) is 8.63. The molecule has 0 saturated heterocycles. The van der Waals surface area contributed by atoms with Crippen molar-refractivity contribution in [2.45, 2.75) is 0 Å². The molecule has 0 spiro atoms. The number of aromatic carboxylic acids is 1. The van der Waals surface area contributed by atoms with E-state index in [1.54, 1.807) is 12.1 Å². The number of halogens is 1. The summed E-state index contributed by atoms with van der Waals surface area (Å²) in [4.78, 5) is 13.5. The summed E-state index contributed by atoms with van der Waals surface area (Å²) in [6.07, 6.45) is 0. The molecule has 0 atom stereocenters. The van der Waals surface area contributed by atoms with Crippen LogP contribution in [0.25, 0.3) is 10.9 Å². The summed E-state index contributed by atoms with van der Waals surface area (Å²) in [5.41, 5.74) is 0.671. The molecule has 0 aliphatic heterocycles. The number of nitrogens with one attached hydrogen (secondary N) is 1. The van der Waals surface area contributed by atoms with Gasteiger partial charge in [0.15, 0.2) is 0 Å². The number of H-pyrrole nitrogens is 1. The molecule has 0 saturated carbocycles. The molecule has 1 heterocycles. The molecule has 1 aromatic heterocycles. The van der Waals surface area contributed by atoms with Crippen molar-refractivity contribution in [1.82, 2.24) is 4.98 Å². The van der Waals surface area contributed by atoms with Crippen molar-refractivity contribution in [3.8, 4) is 5.75 Å². The Morgan fingerprint density at radius 3 is 2.87 bits per heavy atom. The molecule has 0 radical (unpaired) electrons. The summed E-state index contributed by atoms with van der Waals surface area (Å²) in [7, 11) is 1.52. The standard InChI is InChI=1S/C10H8ClNO3/c1-15-8-3-2-6(11)9-5(8)4-7(12-9)10(13)14/h2-4,12H,1H3,(H,13,14). The van der Waals surface area contributed by atoms with E-state index in [0.717, 1.165) is 0 Å². The number of methoxy groups -OCH3 is 1. The molecule has 78 valence electrons. The van der Waals surface area contributed by atoms with Crippen LogP contribution in [0, 0.1) is 0 Å². The highest BCUT2D eigenvalue weighted by Crippen LogP contribution is 2.31. The lowest BCUT2D eigenvalue weighted by molar-refractivity contribution is 0.0691. The molecule has 2 N–H and O–H groups in total. The van der Waals surface area contributed by atoms with Crippen LogP contribution in [0.2, 0.25) is 5.02 Å². The smallest absolute Gasteiger partial charge is 0.352 e. The molecule has 0 amide bonds. The Hall–Kier alpha value is -1.68. The summed E-state index contributed by atoms with van der Waals surface area (Å²) < 4.78 is 5.10. The van der Waals surface area contributed by atoms with Crippen LogP contribution in [0.3, 0.4) is 0 Å². The van der Waals surface area contributed by atoms with Gasteiger partial charge in [0.05, 0.1) is 17.6 Å². The van der Waals surface area contributed by atoms with E-state index in [1.807, 2.05) is 0 Å². The van der Waals surface area contributed by atoms with Crippen molar-refractivity contribution in [2.75, 3.05) is 7.11 Å². The molecular weight excluding hydrogens is 218 g/mol. The second-order valence-corrected chi connectivity index (χ2v) is 3.43. The molecule has 5 heteroatoms. The largest absolute Gasteiger partial charge is 0.496 e. The first-order valence-corrected chi connectivity index (χ1v) is 4.60. The molecule has 0 aliphatic carbocycles. The van der Waals surface area contributed by atoms with Gasteiger partial charge in [-0.2, -0.15) is 0 Å². The van der Waals surface area contributed by atoms with Gasteiger partial charge in [0, 0.05) is 5.39 Å².